The van der Waals surface area contributed by atoms with Crippen LogP contribution < -0.4 is 15.0 Å². The number of nitrogens with one attached hydrogen (secondary N) is 1. The second kappa shape index (κ2) is 11.2. The van der Waals surface area contributed by atoms with Crippen LogP contribution in [0.15, 0.2) is 41.5 Å². The fourth-order valence-electron chi connectivity index (χ4n) is 6.52. The number of aromatic nitrogens is 2. The SMILES string of the molecule is CCN(C)SNc1ccc(F)c(Oc2ccc3ncn(C4CC5(C4)CN(C4CCCCC4F)C5)c(=O)c3c2)c1C#N. The summed E-state index contributed by atoms with van der Waals surface area (Å²) in [4.78, 5) is 20.3. The molecule has 0 amide bonds. The summed E-state index contributed by atoms with van der Waals surface area (Å²) in [5.41, 5.74) is 0.966. The van der Waals surface area contributed by atoms with Crippen LogP contribution in [0.1, 0.15) is 57.1 Å². The summed E-state index contributed by atoms with van der Waals surface area (Å²) in [7, 11) is 1.89. The average Bonchev–Trinajstić information content (AvgIpc) is 2.93. The monoisotopic (exact) mass is 580 g/mol. The summed E-state index contributed by atoms with van der Waals surface area (Å²) in [6, 6.07) is 9.72. The van der Waals surface area contributed by atoms with Crippen LogP contribution in [-0.4, -0.2) is 57.7 Å². The first-order valence-electron chi connectivity index (χ1n) is 14.2. The van der Waals surface area contributed by atoms with E-state index in [-0.39, 0.29) is 40.1 Å². The molecule has 11 heteroatoms. The molecule has 1 aromatic heterocycles. The van der Waals surface area contributed by atoms with Crippen LogP contribution in [0, 0.1) is 22.6 Å². The standard InChI is InChI=1S/C30H34F2N6O2S/c1-3-36(2)41-35-26-11-9-24(32)28(22(26)15-33)40-20-8-10-25-21(12-20)29(39)38(18-34-25)19-13-30(14-19)16-37(17-30)27-7-5-4-6-23(27)31/h8-12,18-19,23,27,35H,3-7,13-14,16-17H2,1-2H3. The first kappa shape index (κ1) is 27.9. The van der Waals surface area contributed by atoms with Gasteiger partial charge in [-0.2, -0.15) is 5.26 Å². The van der Waals surface area contributed by atoms with Gasteiger partial charge in [-0.15, -0.1) is 0 Å². The van der Waals surface area contributed by atoms with Crippen molar-refractivity contribution < 1.29 is 13.5 Å². The fourth-order valence-corrected chi connectivity index (χ4v) is 7.08. The maximum atomic E-state index is 14.8. The number of hydrogen-bond donors (Lipinski definition) is 1. The van der Waals surface area contributed by atoms with Crippen molar-refractivity contribution in [1.82, 2.24) is 18.8 Å². The topological polar surface area (TPSA) is 86.4 Å². The van der Waals surface area contributed by atoms with Crippen molar-refractivity contribution in [3.8, 4) is 17.6 Å². The van der Waals surface area contributed by atoms with E-state index in [4.69, 9.17) is 4.74 Å². The molecule has 2 unspecified atom stereocenters. The van der Waals surface area contributed by atoms with E-state index in [1.165, 1.54) is 24.3 Å². The molecular formula is C30H34F2N6O2S. The van der Waals surface area contributed by atoms with Gasteiger partial charge in [-0.25, -0.2) is 18.1 Å². The van der Waals surface area contributed by atoms with Crippen molar-refractivity contribution in [2.45, 2.75) is 63.7 Å². The molecule has 2 aliphatic carbocycles. The molecule has 3 aliphatic rings. The van der Waals surface area contributed by atoms with E-state index >= 15 is 0 Å². The Balaban J connectivity index is 1.18. The Morgan fingerprint density at radius 1 is 1.24 bits per heavy atom. The number of anilines is 1. The minimum absolute atomic E-state index is 0.0345. The minimum Gasteiger partial charge on any atom is -0.453 e. The predicted molar refractivity (Wildman–Crippen MR) is 156 cm³/mol. The Bertz CT molecular complexity index is 1540. The number of nitrogens with zero attached hydrogens (tertiary/aromatic N) is 5. The zero-order valence-corrected chi connectivity index (χ0v) is 24.1. The molecule has 3 aromatic rings. The van der Waals surface area contributed by atoms with Crippen molar-refractivity contribution in [2.75, 3.05) is 31.4 Å². The molecule has 1 N–H and O–H groups in total. The van der Waals surface area contributed by atoms with Crippen molar-refractivity contribution >= 4 is 28.7 Å². The van der Waals surface area contributed by atoms with E-state index in [0.29, 0.717) is 23.0 Å². The van der Waals surface area contributed by atoms with Crippen LogP contribution in [0.2, 0.25) is 0 Å². The molecule has 1 aliphatic heterocycles. The Morgan fingerprint density at radius 3 is 2.76 bits per heavy atom. The largest absolute Gasteiger partial charge is 0.453 e. The van der Waals surface area contributed by atoms with E-state index in [9.17, 15) is 18.8 Å². The summed E-state index contributed by atoms with van der Waals surface area (Å²) in [5, 5.41) is 10.2. The van der Waals surface area contributed by atoms with Gasteiger partial charge in [-0.3, -0.25) is 14.3 Å². The van der Waals surface area contributed by atoms with E-state index in [2.05, 4.69) is 14.6 Å². The molecule has 0 bridgehead atoms. The van der Waals surface area contributed by atoms with Crippen LogP contribution in [0.25, 0.3) is 10.9 Å². The Kier molecular flexibility index (Phi) is 7.66. The summed E-state index contributed by atoms with van der Waals surface area (Å²) >= 11 is 1.29. The lowest BCUT2D eigenvalue weighted by molar-refractivity contribution is -0.125. The number of ether oxygens (including phenoxy) is 1. The molecule has 2 atom stereocenters. The summed E-state index contributed by atoms with van der Waals surface area (Å²) in [6.07, 6.45) is 6.32. The van der Waals surface area contributed by atoms with Crippen molar-refractivity contribution in [3.05, 3.63) is 58.4 Å². The lowest BCUT2D eigenvalue weighted by atomic mass is 9.60. The van der Waals surface area contributed by atoms with Gasteiger partial charge in [0.25, 0.3) is 5.56 Å². The number of fused-ring (bicyclic) bond motifs is 1. The van der Waals surface area contributed by atoms with Gasteiger partial charge in [0, 0.05) is 43.9 Å². The molecule has 1 saturated heterocycles. The summed E-state index contributed by atoms with van der Waals surface area (Å²) in [6.45, 7) is 4.56. The molecule has 2 saturated carbocycles. The van der Waals surface area contributed by atoms with Crippen LogP contribution >= 0.6 is 12.1 Å². The third kappa shape index (κ3) is 5.29. The number of rotatable bonds is 8. The van der Waals surface area contributed by atoms with Gasteiger partial charge in [-0.05, 0) is 68.5 Å². The van der Waals surface area contributed by atoms with Crippen LogP contribution in [0.5, 0.6) is 11.5 Å². The predicted octanol–water partition coefficient (Wildman–Crippen LogP) is 6.04. The summed E-state index contributed by atoms with van der Waals surface area (Å²) in [5.74, 6) is -0.635. The number of hydrogen-bond acceptors (Lipinski definition) is 8. The van der Waals surface area contributed by atoms with E-state index in [1.54, 1.807) is 29.1 Å². The van der Waals surface area contributed by atoms with Crippen LogP contribution in [-0.2, 0) is 0 Å². The van der Waals surface area contributed by atoms with E-state index < -0.39 is 12.0 Å². The first-order chi connectivity index (χ1) is 19.8. The molecule has 2 heterocycles. The van der Waals surface area contributed by atoms with Crippen LogP contribution in [0.3, 0.4) is 0 Å². The fraction of sp³-hybridized carbons (Fsp3) is 0.500. The van der Waals surface area contributed by atoms with Gasteiger partial charge in [-0.1, -0.05) is 19.8 Å². The van der Waals surface area contributed by atoms with Gasteiger partial charge >= 0.3 is 0 Å². The van der Waals surface area contributed by atoms with Gasteiger partial charge in [0.2, 0.25) is 0 Å². The Hall–Kier alpha value is -3.20. The van der Waals surface area contributed by atoms with Crippen molar-refractivity contribution in [3.63, 3.8) is 0 Å². The molecule has 8 nitrogen and oxygen atoms in total. The minimum atomic E-state index is -0.723. The highest BCUT2D eigenvalue weighted by Gasteiger charge is 2.55. The van der Waals surface area contributed by atoms with Gasteiger partial charge in [0.1, 0.15) is 23.6 Å². The third-order valence-corrected chi connectivity index (χ3v) is 9.76. The molecular weight excluding hydrogens is 546 g/mol. The Morgan fingerprint density at radius 2 is 2.02 bits per heavy atom. The number of nitriles is 1. The maximum absolute atomic E-state index is 14.8. The second-order valence-electron chi connectivity index (χ2n) is 11.6. The van der Waals surface area contributed by atoms with Crippen molar-refractivity contribution in [2.24, 2.45) is 5.41 Å². The van der Waals surface area contributed by atoms with Gasteiger partial charge in [0.05, 0.1) is 22.9 Å². The van der Waals surface area contributed by atoms with Gasteiger partial charge < -0.3 is 9.46 Å². The molecule has 3 fully saturated rings. The normalized spacial score (nSPS) is 22.3. The van der Waals surface area contributed by atoms with E-state index in [0.717, 1.165) is 51.7 Å². The molecule has 2 aromatic carbocycles. The maximum Gasteiger partial charge on any atom is 0.261 e. The van der Waals surface area contributed by atoms with Crippen molar-refractivity contribution in [1.29, 1.82) is 5.26 Å². The molecule has 216 valence electrons. The lowest BCUT2D eigenvalue weighted by Crippen LogP contribution is -2.66. The number of benzene rings is 2. The average molecular weight is 581 g/mol. The highest BCUT2D eigenvalue weighted by Crippen LogP contribution is 2.55. The Labute approximate surface area is 242 Å². The molecule has 41 heavy (non-hydrogen) atoms. The summed E-state index contributed by atoms with van der Waals surface area (Å²) < 4.78 is 41.8. The zero-order chi connectivity index (χ0) is 28.7. The van der Waals surface area contributed by atoms with Gasteiger partial charge in [0.15, 0.2) is 11.6 Å². The zero-order valence-electron chi connectivity index (χ0n) is 23.3. The third-order valence-electron chi connectivity index (χ3n) is 8.88. The molecule has 1 spiro atoms. The number of likely N-dealkylation sites (tertiary alicyclic amines) is 1. The highest BCUT2D eigenvalue weighted by atomic mass is 32.2. The number of alkyl halides is 1. The first-order valence-corrected chi connectivity index (χ1v) is 15.0. The van der Waals surface area contributed by atoms with Crippen LogP contribution in [0.4, 0.5) is 14.5 Å². The highest BCUT2D eigenvalue weighted by molar-refractivity contribution is 7.98. The lowest BCUT2D eigenvalue weighted by Gasteiger charge is -2.61. The molecule has 6 rings (SSSR count). The number of halogens is 2. The smallest absolute Gasteiger partial charge is 0.261 e. The quantitative estimate of drug-likeness (QED) is 0.323. The second-order valence-corrected chi connectivity index (χ2v) is 12.6. The van der Waals surface area contributed by atoms with E-state index in [1.807, 2.05) is 24.3 Å². The molecule has 0 radical (unpaired) electrons.